The SMILES string of the molecule is CCCN1CCN(C2=NS(=O)(=O)C(c3ccc(C)c(C)c3)=C2C)CC1.NC[C@H]1O[C@H](O[C@H]2[C@H](O)[C@@H](O[C@H]3O[C@H](CO)[C@@H](O)[C@H](N)[C@H]3O)[C@H](N)C[C@@H]2N)[C@H](O)[C@@H](O)[C@@H]1O. The minimum Gasteiger partial charge on any atom is -0.394 e. The Morgan fingerprint density at radius 2 is 1.38 bits per heavy atom. The van der Waals surface area contributed by atoms with Gasteiger partial charge in [-0.2, -0.15) is 8.42 Å². The number of hydrogen-bond acceptors (Lipinski definition) is 19. The first-order chi connectivity index (χ1) is 27.3. The summed E-state index contributed by atoms with van der Waals surface area (Å²) in [6.45, 7) is 12.0. The van der Waals surface area contributed by atoms with Gasteiger partial charge >= 0.3 is 0 Å². The minimum absolute atomic E-state index is 0.0849. The van der Waals surface area contributed by atoms with Crippen molar-refractivity contribution in [1.29, 1.82) is 0 Å². The number of hydrogen-bond donors (Lipinski definition) is 11. The molecule has 4 heterocycles. The number of rotatable bonds is 9. The van der Waals surface area contributed by atoms with Crippen molar-refractivity contribution in [3.05, 3.63) is 40.5 Å². The summed E-state index contributed by atoms with van der Waals surface area (Å²) >= 11 is 0. The van der Waals surface area contributed by atoms with Gasteiger partial charge in [-0.05, 0) is 56.8 Å². The van der Waals surface area contributed by atoms with Gasteiger partial charge in [0.2, 0.25) is 0 Å². The van der Waals surface area contributed by atoms with E-state index in [9.17, 15) is 44.2 Å². The summed E-state index contributed by atoms with van der Waals surface area (Å²) in [7, 11) is -3.63. The fourth-order valence-corrected chi connectivity index (χ4v) is 9.44. The summed E-state index contributed by atoms with van der Waals surface area (Å²) in [6.07, 6.45) is -15.3. The maximum atomic E-state index is 12.7. The molecule has 4 aliphatic heterocycles. The number of ether oxygens (including phenoxy) is 4. The molecule has 20 nitrogen and oxygen atoms in total. The number of sulfonamides is 1. The quantitative estimate of drug-likeness (QED) is 0.112. The molecule has 1 aromatic carbocycles. The van der Waals surface area contributed by atoms with Gasteiger partial charge in [0.1, 0.15) is 71.8 Å². The lowest BCUT2D eigenvalue weighted by atomic mass is 9.84. The van der Waals surface area contributed by atoms with Crippen LogP contribution in [0.3, 0.4) is 0 Å². The fourth-order valence-electron chi connectivity index (χ4n) is 7.97. The molecule has 330 valence electrons. The maximum absolute atomic E-state index is 12.7. The predicted molar refractivity (Wildman–Crippen MR) is 211 cm³/mol. The minimum atomic E-state index is -3.63. The van der Waals surface area contributed by atoms with Gasteiger partial charge in [0, 0.05) is 50.4 Å². The van der Waals surface area contributed by atoms with Crippen molar-refractivity contribution >= 4 is 20.8 Å². The Morgan fingerprint density at radius 1 is 0.793 bits per heavy atom. The third-order valence-corrected chi connectivity index (χ3v) is 13.1. The molecule has 1 aliphatic carbocycles. The molecular weight excluding hydrogens is 783 g/mol. The molecule has 15 atom stereocenters. The van der Waals surface area contributed by atoms with Crippen molar-refractivity contribution in [3.63, 3.8) is 0 Å². The van der Waals surface area contributed by atoms with Gasteiger partial charge in [0.05, 0.1) is 12.6 Å². The van der Waals surface area contributed by atoms with Crippen LogP contribution in [0.2, 0.25) is 0 Å². The second-order valence-corrected chi connectivity index (χ2v) is 17.3. The van der Waals surface area contributed by atoms with Crippen LogP contribution in [-0.2, 0) is 29.0 Å². The zero-order valence-electron chi connectivity index (χ0n) is 33.4. The fraction of sp³-hybridized carbons (Fsp3) is 0.757. The molecule has 21 heteroatoms. The Labute approximate surface area is 339 Å². The largest absolute Gasteiger partial charge is 0.394 e. The van der Waals surface area contributed by atoms with E-state index in [-0.39, 0.29) is 13.0 Å². The van der Waals surface area contributed by atoms with Crippen molar-refractivity contribution in [2.75, 3.05) is 45.9 Å². The zero-order valence-corrected chi connectivity index (χ0v) is 34.2. The molecule has 3 saturated heterocycles. The van der Waals surface area contributed by atoms with Crippen LogP contribution in [-0.4, -0.2) is 197 Å². The molecule has 6 rings (SSSR count). The number of aryl methyl sites for hydroxylation is 2. The van der Waals surface area contributed by atoms with E-state index >= 15 is 0 Å². The van der Waals surface area contributed by atoms with Crippen LogP contribution in [0.15, 0.2) is 28.2 Å². The van der Waals surface area contributed by atoms with Crippen molar-refractivity contribution in [1.82, 2.24) is 9.80 Å². The molecule has 0 unspecified atom stereocenters. The number of nitrogens with zero attached hydrogens (tertiary/aromatic N) is 3. The highest BCUT2D eigenvalue weighted by atomic mass is 32.2. The van der Waals surface area contributed by atoms with Gasteiger partial charge in [-0.1, -0.05) is 25.1 Å². The maximum Gasteiger partial charge on any atom is 0.285 e. The summed E-state index contributed by atoms with van der Waals surface area (Å²) < 4.78 is 51.7. The molecule has 58 heavy (non-hydrogen) atoms. The number of amidine groups is 1. The van der Waals surface area contributed by atoms with Gasteiger partial charge in [-0.3, -0.25) is 4.90 Å². The highest BCUT2D eigenvalue weighted by molar-refractivity contribution is 8.00. The topological polar surface area (TPSA) is 336 Å². The van der Waals surface area contributed by atoms with E-state index in [1.165, 1.54) is 0 Å². The lowest BCUT2D eigenvalue weighted by Gasteiger charge is -2.48. The Balaban J connectivity index is 0.000000229. The second-order valence-electron chi connectivity index (χ2n) is 15.8. The highest BCUT2D eigenvalue weighted by Gasteiger charge is 2.51. The number of aliphatic hydroxyl groups is 7. The number of nitrogens with two attached hydrogens (primary N) is 4. The van der Waals surface area contributed by atoms with E-state index < -0.39 is 108 Å². The summed E-state index contributed by atoms with van der Waals surface area (Å²) in [5, 5.41) is 70.9. The van der Waals surface area contributed by atoms with Crippen LogP contribution in [0, 0.1) is 13.8 Å². The smallest absolute Gasteiger partial charge is 0.285 e. The van der Waals surface area contributed by atoms with Gasteiger partial charge < -0.3 is 82.5 Å². The molecule has 0 radical (unpaired) electrons. The van der Waals surface area contributed by atoms with Crippen LogP contribution >= 0.6 is 0 Å². The second kappa shape index (κ2) is 19.6. The van der Waals surface area contributed by atoms with Gasteiger partial charge in [0.15, 0.2) is 12.6 Å². The lowest BCUT2D eigenvalue weighted by molar-refractivity contribution is -0.332. The van der Waals surface area contributed by atoms with Crippen LogP contribution in [0.4, 0.5) is 0 Å². The molecule has 0 spiro atoms. The molecule has 5 aliphatic rings. The summed E-state index contributed by atoms with van der Waals surface area (Å²) in [4.78, 5) is 4.90. The lowest BCUT2D eigenvalue weighted by Crippen LogP contribution is -2.68. The number of aliphatic hydroxyl groups excluding tert-OH is 7. The van der Waals surface area contributed by atoms with Gasteiger partial charge in [0.25, 0.3) is 10.0 Å². The summed E-state index contributed by atoms with van der Waals surface area (Å²) in [5.41, 5.74) is 27.3. The van der Waals surface area contributed by atoms with Crippen LogP contribution in [0.1, 0.15) is 43.4 Å². The van der Waals surface area contributed by atoms with Gasteiger partial charge in [-0.25, -0.2) is 0 Å². The van der Waals surface area contributed by atoms with Crippen LogP contribution < -0.4 is 22.9 Å². The molecule has 0 aromatic heterocycles. The third-order valence-electron chi connectivity index (χ3n) is 11.6. The predicted octanol–water partition coefficient (Wildman–Crippen LogP) is -4.49. The van der Waals surface area contributed by atoms with Crippen molar-refractivity contribution in [2.24, 2.45) is 27.3 Å². The normalized spacial score (nSPS) is 39.6. The van der Waals surface area contributed by atoms with E-state index in [1.807, 2.05) is 39.0 Å². The average Bonchev–Trinajstić information content (AvgIpc) is 3.43. The van der Waals surface area contributed by atoms with Crippen molar-refractivity contribution in [3.8, 4) is 0 Å². The first-order valence-corrected chi connectivity index (χ1v) is 21.2. The van der Waals surface area contributed by atoms with E-state index in [0.29, 0.717) is 10.7 Å². The number of piperazine rings is 1. The van der Waals surface area contributed by atoms with Crippen molar-refractivity contribution in [2.45, 2.75) is 132 Å². The summed E-state index contributed by atoms with van der Waals surface area (Å²) in [6, 6.07) is 2.95. The Bertz CT molecular complexity index is 1660. The first kappa shape index (κ1) is 46.8. The molecular formula is C37H63N7O13S. The van der Waals surface area contributed by atoms with Gasteiger partial charge in [-0.15, -0.1) is 4.40 Å². The molecule has 0 amide bonds. The van der Waals surface area contributed by atoms with E-state index in [0.717, 1.165) is 61.4 Å². The van der Waals surface area contributed by atoms with Crippen molar-refractivity contribution < 1.29 is 63.1 Å². The number of benzene rings is 1. The summed E-state index contributed by atoms with van der Waals surface area (Å²) in [5.74, 6) is 0.629. The van der Waals surface area contributed by atoms with E-state index in [2.05, 4.69) is 21.1 Å². The van der Waals surface area contributed by atoms with Crippen LogP contribution in [0.5, 0.6) is 0 Å². The zero-order chi connectivity index (χ0) is 42.8. The van der Waals surface area contributed by atoms with E-state index in [1.54, 1.807) is 0 Å². The van der Waals surface area contributed by atoms with E-state index in [4.69, 9.17) is 41.9 Å². The Hall–Kier alpha value is -2.26. The monoisotopic (exact) mass is 845 g/mol. The standard InChI is InChI=1S/C19H27N3O2S.C18H36N4O11/c1-5-8-21-9-11-22(12-10-21)19-16(4)18(25(23,24)20-19)17-7-6-14(2)15(3)13-17;19-2-6-10(25)12(27)13(28)18(30-6)33-16-5(21)1-4(20)15(14(16)29)32-17-11(26)8(22)9(24)7(3-23)31-17/h6-7,13H,5,8-12H2,1-4H3;4-18,23-29H,1-3,19-22H2/t;4-,5+,6-,7-,8+,9-,10-,11-,12+,13-,14-,15+,16-,17-,18-/m.1/s1. The molecule has 1 aromatic rings. The first-order valence-electron chi connectivity index (χ1n) is 19.7. The Kier molecular flexibility index (Phi) is 15.8. The molecule has 4 fully saturated rings. The molecule has 1 saturated carbocycles. The average molecular weight is 846 g/mol. The molecule has 0 bridgehead atoms. The third kappa shape index (κ3) is 9.92. The Morgan fingerprint density at radius 3 is 1.93 bits per heavy atom. The molecule has 15 N–H and O–H groups in total. The highest BCUT2D eigenvalue weighted by Crippen LogP contribution is 2.35. The van der Waals surface area contributed by atoms with Crippen LogP contribution in [0.25, 0.3) is 4.91 Å².